The molecule has 2 N–H and O–H groups in total. The number of methoxy groups -OCH3 is 2. The van der Waals surface area contributed by atoms with Crippen molar-refractivity contribution in [2.24, 2.45) is 0 Å². The minimum Gasteiger partial charge on any atom is -0.478 e. The number of hydrogen-bond acceptors (Lipinski definition) is 8. The standard InChI is InChI=1S/C16H15F2N5O5S/c1-26-13-12(28-15(17)18)14(27-2)22-16(21-13)23-29(24,25)9-7-11(20-8-9)10-5-3-4-6-19-10/h3-8,15,20H,1-2H3,(H,21,22,23). The summed E-state index contributed by atoms with van der Waals surface area (Å²) in [4.78, 5) is 14.3. The average molecular weight is 427 g/mol. The van der Waals surface area contributed by atoms with Gasteiger partial charge in [-0.1, -0.05) is 6.07 Å². The van der Waals surface area contributed by atoms with E-state index in [1.54, 1.807) is 24.4 Å². The number of nitrogens with one attached hydrogen (secondary N) is 2. The Labute approximate surface area is 163 Å². The first-order valence-electron chi connectivity index (χ1n) is 7.91. The van der Waals surface area contributed by atoms with Gasteiger partial charge >= 0.3 is 6.61 Å². The predicted molar refractivity (Wildman–Crippen MR) is 96.6 cm³/mol. The van der Waals surface area contributed by atoms with Gasteiger partial charge in [0.2, 0.25) is 11.7 Å². The smallest absolute Gasteiger partial charge is 0.387 e. The van der Waals surface area contributed by atoms with Crippen LogP contribution in [-0.4, -0.2) is 49.2 Å². The van der Waals surface area contributed by atoms with E-state index in [0.29, 0.717) is 11.4 Å². The van der Waals surface area contributed by atoms with E-state index in [1.807, 2.05) is 0 Å². The highest BCUT2D eigenvalue weighted by molar-refractivity contribution is 7.92. The highest BCUT2D eigenvalue weighted by Crippen LogP contribution is 2.36. The Hall–Kier alpha value is -3.48. The molecular weight excluding hydrogens is 412 g/mol. The van der Waals surface area contributed by atoms with Crippen LogP contribution in [0, 0.1) is 0 Å². The molecule has 0 radical (unpaired) electrons. The first-order valence-corrected chi connectivity index (χ1v) is 9.40. The predicted octanol–water partition coefficient (Wildman–Crippen LogP) is 2.29. The topological polar surface area (TPSA) is 128 Å². The Morgan fingerprint density at radius 3 is 2.38 bits per heavy atom. The number of aromatic nitrogens is 4. The Morgan fingerprint density at radius 1 is 1.14 bits per heavy atom. The van der Waals surface area contributed by atoms with E-state index >= 15 is 0 Å². The second-order valence-corrected chi connectivity index (χ2v) is 7.03. The molecule has 0 bridgehead atoms. The summed E-state index contributed by atoms with van der Waals surface area (Å²) in [7, 11) is -1.84. The molecule has 0 fully saturated rings. The Balaban J connectivity index is 1.91. The summed E-state index contributed by atoms with van der Waals surface area (Å²) in [6.07, 6.45) is 2.83. The molecule has 0 amide bonds. The van der Waals surface area contributed by atoms with Gasteiger partial charge < -0.3 is 19.2 Å². The van der Waals surface area contributed by atoms with Gasteiger partial charge in [-0.3, -0.25) is 4.98 Å². The molecule has 0 unspecified atom stereocenters. The lowest BCUT2D eigenvalue weighted by molar-refractivity contribution is -0.0533. The monoisotopic (exact) mass is 427 g/mol. The van der Waals surface area contributed by atoms with E-state index in [1.165, 1.54) is 12.3 Å². The number of rotatable bonds is 8. The minimum absolute atomic E-state index is 0.118. The number of H-pyrrole nitrogens is 1. The van der Waals surface area contributed by atoms with Gasteiger partial charge in [0.05, 0.1) is 25.6 Å². The van der Waals surface area contributed by atoms with Crippen LogP contribution in [0.15, 0.2) is 41.6 Å². The normalized spacial score (nSPS) is 11.3. The van der Waals surface area contributed by atoms with E-state index in [-0.39, 0.29) is 4.90 Å². The number of pyridine rings is 1. The van der Waals surface area contributed by atoms with Crippen LogP contribution in [0.25, 0.3) is 11.4 Å². The highest BCUT2D eigenvalue weighted by Gasteiger charge is 2.24. The molecule has 0 saturated heterocycles. The number of nitrogens with zero attached hydrogens (tertiary/aromatic N) is 3. The van der Waals surface area contributed by atoms with Crippen LogP contribution in [-0.2, 0) is 10.0 Å². The van der Waals surface area contributed by atoms with Crippen LogP contribution in [0.3, 0.4) is 0 Å². The zero-order chi connectivity index (χ0) is 21.0. The Morgan fingerprint density at radius 2 is 1.83 bits per heavy atom. The Bertz CT molecular complexity index is 1070. The molecule has 0 aromatic carbocycles. The van der Waals surface area contributed by atoms with Crippen molar-refractivity contribution < 1.29 is 31.4 Å². The van der Waals surface area contributed by atoms with Gasteiger partial charge in [0.15, 0.2) is 0 Å². The molecule has 154 valence electrons. The zero-order valence-electron chi connectivity index (χ0n) is 15.1. The van der Waals surface area contributed by atoms with Gasteiger partial charge in [0.25, 0.3) is 21.8 Å². The number of aromatic amines is 1. The van der Waals surface area contributed by atoms with Crippen LogP contribution in [0.5, 0.6) is 17.5 Å². The minimum atomic E-state index is -4.12. The first kappa shape index (κ1) is 20.3. The van der Waals surface area contributed by atoms with Gasteiger partial charge in [-0.25, -0.2) is 13.1 Å². The van der Waals surface area contributed by atoms with Crippen LogP contribution in [0.4, 0.5) is 14.7 Å². The van der Waals surface area contributed by atoms with E-state index in [2.05, 4.69) is 29.4 Å². The molecule has 3 heterocycles. The van der Waals surface area contributed by atoms with Crippen molar-refractivity contribution in [3.05, 3.63) is 36.7 Å². The van der Waals surface area contributed by atoms with Gasteiger partial charge in [-0.2, -0.15) is 18.7 Å². The third-order valence-electron chi connectivity index (χ3n) is 3.53. The van der Waals surface area contributed by atoms with E-state index in [4.69, 9.17) is 9.47 Å². The number of sulfonamides is 1. The maximum atomic E-state index is 12.6. The Kier molecular flexibility index (Phi) is 5.77. The van der Waals surface area contributed by atoms with E-state index in [0.717, 1.165) is 14.2 Å². The third-order valence-corrected chi connectivity index (χ3v) is 4.84. The first-order chi connectivity index (χ1) is 13.8. The molecule has 3 aromatic rings. The second-order valence-electron chi connectivity index (χ2n) is 5.34. The lowest BCUT2D eigenvalue weighted by Gasteiger charge is -2.13. The summed E-state index contributed by atoms with van der Waals surface area (Å²) in [6, 6.07) is 6.56. The maximum absolute atomic E-state index is 12.6. The molecule has 0 aliphatic rings. The van der Waals surface area contributed by atoms with Gasteiger partial charge in [-0.15, -0.1) is 0 Å². The number of anilines is 1. The lowest BCUT2D eigenvalue weighted by atomic mass is 10.3. The quantitative estimate of drug-likeness (QED) is 0.560. The number of ether oxygens (including phenoxy) is 3. The molecule has 3 aromatic heterocycles. The fourth-order valence-electron chi connectivity index (χ4n) is 2.30. The summed E-state index contributed by atoms with van der Waals surface area (Å²) < 4.78 is 66.6. The zero-order valence-corrected chi connectivity index (χ0v) is 15.9. The molecule has 3 rings (SSSR count). The molecule has 0 spiro atoms. The maximum Gasteiger partial charge on any atom is 0.387 e. The molecule has 0 aliphatic carbocycles. The van der Waals surface area contributed by atoms with Crippen molar-refractivity contribution in [2.75, 3.05) is 18.9 Å². The fraction of sp³-hybridized carbons (Fsp3) is 0.188. The van der Waals surface area contributed by atoms with Crippen LogP contribution in [0.2, 0.25) is 0 Å². The SMILES string of the molecule is COc1nc(NS(=O)(=O)c2c[nH]c(-c3ccccn3)c2)nc(OC)c1OC(F)F. The summed E-state index contributed by atoms with van der Waals surface area (Å²) in [5.74, 6) is -1.89. The third kappa shape index (κ3) is 4.51. The number of halogens is 2. The van der Waals surface area contributed by atoms with Crippen LogP contribution < -0.4 is 18.9 Å². The summed E-state index contributed by atoms with van der Waals surface area (Å²) in [5.41, 5.74) is 1.02. The van der Waals surface area contributed by atoms with Gasteiger partial charge in [-0.05, 0) is 18.2 Å². The summed E-state index contributed by atoms with van der Waals surface area (Å²) in [5, 5.41) is 0. The van der Waals surface area contributed by atoms with Crippen molar-refractivity contribution in [1.82, 2.24) is 19.9 Å². The van der Waals surface area contributed by atoms with E-state index < -0.39 is 40.1 Å². The molecular formula is C16H15F2N5O5S. The average Bonchev–Trinajstić information content (AvgIpc) is 3.20. The van der Waals surface area contributed by atoms with Crippen molar-refractivity contribution >= 4 is 16.0 Å². The highest BCUT2D eigenvalue weighted by atomic mass is 32.2. The molecule has 0 aliphatic heterocycles. The van der Waals surface area contributed by atoms with Crippen molar-refractivity contribution in [3.63, 3.8) is 0 Å². The van der Waals surface area contributed by atoms with Gasteiger partial charge in [0, 0.05) is 12.4 Å². The molecule has 13 heteroatoms. The molecule has 0 saturated carbocycles. The van der Waals surface area contributed by atoms with Crippen molar-refractivity contribution in [1.29, 1.82) is 0 Å². The van der Waals surface area contributed by atoms with Crippen LogP contribution >= 0.6 is 0 Å². The van der Waals surface area contributed by atoms with Crippen LogP contribution in [0.1, 0.15) is 0 Å². The lowest BCUT2D eigenvalue weighted by Crippen LogP contribution is -2.16. The van der Waals surface area contributed by atoms with E-state index in [9.17, 15) is 17.2 Å². The molecule has 10 nitrogen and oxygen atoms in total. The second kappa shape index (κ2) is 8.26. The fourth-order valence-corrected chi connectivity index (χ4v) is 3.24. The summed E-state index contributed by atoms with van der Waals surface area (Å²) >= 11 is 0. The number of hydrogen-bond donors (Lipinski definition) is 2. The molecule has 0 atom stereocenters. The largest absolute Gasteiger partial charge is 0.478 e. The van der Waals surface area contributed by atoms with Crippen molar-refractivity contribution in [3.8, 4) is 28.9 Å². The van der Waals surface area contributed by atoms with Gasteiger partial charge in [0.1, 0.15) is 4.90 Å². The number of alkyl halides is 2. The van der Waals surface area contributed by atoms with Crippen molar-refractivity contribution in [2.45, 2.75) is 11.5 Å². The molecule has 29 heavy (non-hydrogen) atoms. The summed E-state index contributed by atoms with van der Waals surface area (Å²) in [6.45, 7) is -3.19.